The third-order valence-electron chi connectivity index (χ3n) is 4.66. The number of nitrogens with zero attached hydrogens (tertiary/aromatic N) is 1. The highest BCUT2D eigenvalue weighted by Crippen LogP contribution is 2.31. The Morgan fingerprint density at radius 3 is 2.31 bits per heavy atom. The van der Waals surface area contributed by atoms with Crippen molar-refractivity contribution in [2.24, 2.45) is 5.92 Å². The number of esters is 1. The van der Waals surface area contributed by atoms with Gasteiger partial charge >= 0.3 is 5.97 Å². The van der Waals surface area contributed by atoms with Crippen LogP contribution in [-0.4, -0.2) is 38.4 Å². The van der Waals surface area contributed by atoms with Gasteiger partial charge < -0.3 is 4.74 Å². The van der Waals surface area contributed by atoms with E-state index in [0.717, 1.165) is 5.56 Å². The van der Waals surface area contributed by atoms with Crippen molar-refractivity contribution in [3.8, 4) is 11.1 Å². The molecular formula is C20H23NO4S. The molecule has 3 rings (SSSR count). The second-order valence-corrected chi connectivity index (χ2v) is 8.20. The molecule has 26 heavy (non-hydrogen) atoms. The number of hydrogen-bond donors (Lipinski definition) is 0. The molecular weight excluding hydrogens is 350 g/mol. The first kappa shape index (κ1) is 18.6. The molecule has 0 unspecified atom stereocenters. The number of hydrogen-bond acceptors (Lipinski definition) is 4. The minimum absolute atomic E-state index is 0.217. The Bertz CT molecular complexity index is 856. The van der Waals surface area contributed by atoms with Crippen molar-refractivity contribution in [1.29, 1.82) is 0 Å². The lowest BCUT2D eigenvalue weighted by Gasteiger charge is -2.30. The molecule has 0 aromatic heterocycles. The lowest BCUT2D eigenvalue weighted by Crippen LogP contribution is -2.40. The monoisotopic (exact) mass is 373 g/mol. The van der Waals surface area contributed by atoms with Crippen LogP contribution in [0.15, 0.2) is 59.5 Å². The fraction of sp³-hybridized carbons (Fsp3) is 0.350. The highest BCUT2D eigenvalue weighted by molar-refractivity contribution is 7.89. The summed E-state index contributed by atoms with van der Waals surface area (Å²) in [6.07, 6.45) is 0.983. The molecule has 0 atom stereocenters. The van der Waals surface area contributed by atoms with E-state index in [4.69, 9.17) is 4.74 Å². The van der Waals surface area contributed by atoms with Crippen molar-refractivity contribution in [2.75, 3.05) is 19.7 Å². The molecule has 1 aliphatic rings. The molecule has 0 bridgehead atoms. The van der Waals surface area contributed by atoms with Crippen LogP contribution >= 0.6 is 0 Å². The number of carbonyl (C=O) groups is 1. The van der Waals surface area contributed by atoms with Crippen LogP contribution in [0.1, 0.15) is 19.8 Å². The first-order chi connectivity index (χ1) is 12.5. The van der Waals surface area contributed by atoms with Gasteiger partial charge in [0.15, 0.2) is 0 Å². The van der Waals surface area contributed by atoms with Crippen LogP contribution < -0.4 is 0 Å². The first-order valence-corrected chi connectivity index (χ1v) is 10.3. The molecule has 6 heteroatoms. The van der Waals surface area contributed by atoms with Gasteiger partial charge in [0.25, 0.3) is 0 Å². The van der Waals surface area contributed by atoms with Gasteiger partial charge in [-0.3, -0.25) is 4.79 Å². The molecule has 0 saturated carbocycles. The molecule has 0 spiro atoms. The van der Waals surface area contributed by atoms with Crippen molar-refractivity contribution >= 4 is 16.0 Å². The van der Waals surface area contributed by atoms with Gasteiger partial charge in [-0.2, -0.15) is 4.31 Å². The maximum atomic E-state index is 13.2. The molecule has 138 valence electrons. The summed E-state index contributed by atoms with van der Waals surface area (Å²) in [6.45, 7) is 2.78. The Hall–Kier alpha value is -2.18. The van der Waals surface area contributed by atoms with Crippen LogP contribution in [0.4, 0.5) is 0 Å². The summed E-state index contributed by atoms with van der Waals surface area (Å²) in [5, 5.41) is 0. The van der Waals surface area contributed by atoms with E-state index in [1.165, 1.54) is 4.31 Å². The standard InChI is InChI=1S/C20H23NO4S/c1-2-25-20(22)17-12-14-21(15-13-17)26(23,24)19-11-7-6-10-18(19)16-8-4-3-5-9-16/h3-11,17H,2,12-15H2,1H3. The third-order valence-corrected chi connectivity index (χ3v) is 6.62. The van der Waals surface area contributed by atoms with Crippen molar-refractivity contribution in [1.82, 2.24) is 4.31 Å². The van der Waals surface area contributed by atoms with E-state index in [1.54, 1.807) is 19.1 Å². The Morgan fingerprint density at radius 1 is 1.04 bits per heavy atom. The van der Waals surface area contributed by atoms with Crippen molar-refractivity contribution in [3.05, 3.63) is 54.6 Å². The van der Waals surface area contributed by atoms with Gasteiger partial charge in [0.2, 0.25) is 10.0 Å². The third kappa shape index (κ3) is 3.81. The maximum absolute atomic E-state index is 13.2. The van der Waals surface area contributed by atoms with Gasteiger partial charge in [-0.25, -0.2) is 8.42 Å². The fourth-order valence-electron chi connectivity index (χ4n) is 3.28. The topological polar surface area (TPSA) is 63.7 Å². The van der Waals surface area contributed by atoms with Gasteiger partial charge in [-0.1, -0.05) is 48.5 Å². The van der Waals surface area contributed by atoms with E-state index in [9.17, 15) is 13.2 Å². The lowest BCUT2D eigenvalue weighted by atomic mass is 9.98. The van der Waals surface area contributed by atoms with Gasteiger partial charge in [0.05, 0.1) is 17.4 Å². The summed E-state index contributed by atoms with van der Waals surface area (Å²) in [6, 6.07) is 16.6. The molecule has 5 nitrogen and oxygen atoms in total. The number of ether oxygens (including phenoxy) is 1. The van der Waals surface area contributed by atoms with Crippen LogP contribution in [0.25, 0.3) is 11.1 Å². The van der Waals surface area contributed by atoms with Gasteiger partial charge in [-0.15, -0.1) is 0 Å². The van der Waals surface area contributed by atoms with E-state index in [0.29, 0.717) is 43.0 Å². The second-order valence-electron chi connectivity index (χ2n) is 6.29. The fourth-order valence-corrected chi connectivity index (χ4v) is 4.96. The summed E-state index contributed by atoms with van der Waals surface area (Å²) in [5.74, 6) is -0.444. The number of rotatable bonds is 5. The maximum Gasteiger partial charge on any atom is 0.309 e. The Balaban J connectivity index is 1.83. The molecule has 0 aliphatic carbocycles. The van der Waals surface area contributed by atoms with Gasteiger partial charge in [0.1, 0.15) is 0 Å². The average Bonchev–Trinajstić information content (AvgIpc) is 2.69. The summed E-state index contributed by atoms with van der Waals surface area (Å²) >= 11 is 0. The molecule has 0 N–H and O–H groups in total. The predicted octanol–water partition coefficient (Wildman–Crippen LogP) is 3.32. The highest BCUT2D eigenvalue weighted by atomic mass is 32.2. The SMILES string of the molecule is CCOC(=O)C1CCN(S(=O)(=O)c2ccccc2-c2ccccc2)CC1. The van der Waals surface area contributed by atoms with Crippen molar-refractivity contribution in [3.63, 3.8) is 0 Å². The summed E-state index contributed by atoms with van der Waals surface area (Å²) < 4.78 is 32.9. The van der Waals surface area contributed by atoms with Crippen LogP contribution in [0.5, 0.6) is 0 Å². The number of carbonyl (C=O) groups excluding carboxylic acids is 1. The largest absolute Gasteiger partial charge is 0.466 e. The first-order valence-electron chi connectivity index (χ1n) is 8.85. The zero-order valence-electron chi connectivity index (χ0n) is 14.8. The number of benzene rings is 2. The van der Waals surface area contributed by atoms with E-state index < -0.39 is 10.0 Å². The van der Waals surface area contributed by atoms with Crippen LogP contribution in [0, 0.1) is 5.92 Å². The second kappa shape index (κ2) is 8.01. The highest BCUT2D eigenvalue weighted by Gasteiger charge is 2.33. The zero-order chi connectivity index (χ0) is 18.6. The number of sulfonamides is 1. The zero-order valence-corrected chi connectivity index (χ0v) is 15.6. The predicted molar refractivity (Wildman–Crippen MR) is 100.0 cm³/mol. The molecule has 1 aliphatic heterocycles. The van der Waals surface area contributed by atoms with Crippen molar-refractivity contribution < 1.29 is 17.9 Å². The normalized spacial score (nSPS) is 16.3. The minimum Gasteiger partial charge on any atom is -0.466 e. The Kier molecular flexibility index (Phi) is 5.74. The molecule has 0 radical (unpaired) electrons. The van der Waals surface area contributed by atoms with Crippen LogP contribution in [0.3, 0.4) is 0 Å². The van der Waals surface area contributed by atoms with Gasteiger partial charge in [-0.05, 0) is 31.4 Å². The summed E-state index contributed by atoms with van der Waals surface area (Å²) in [5.41, 5.74) is 1.56. The molecule has 0 amide bonds. The minimum atomic E-state index is -3.62. The average molecular weight is 373 g/mol. The molecule has 2 aromatic rings. The quantitative estimate of drug-likeness (QED) is 0.754. The van der Waals surface area contributed by atoms with Gasteiger partial charge in [0, 0.05) is 18.7 Å². The van der Waals surface area contributed by atoms with E-state index in [1.807, 2.05) is 42.5 Å². The smallest absolute Gasteiger partial charge is 0.309 e. The summed E-state index contributed by atoms with van der Waals surface area (Å²) in [7, 11) is -3.62. The van der Waals surface area contributed by atoms with E-state index in [-0.39, 0.29) is 11.9 Å². The van der Waals surface area contributed by atoms with Crippen LogP contribution in [0.2, 0.25) is 0 Å². The molecule has 1 fully saturated rings. The van der Waals surface area contributed by atoms with Crippen LogP contribution in [-0.2, 0) is 19.6 Å². The molecule has 2 aromatic carbocycles. The van der Waals surface area contributed by atoms with E-state index in [2.05, 4.69) is 0 Å². The Morgan fingerprint density at radius 2 is 1.65 bits per heavy atom. The van der Waals surface area contributed by atoms with E-state index >= 15 is 0 Å². The number of piperidine rings is 1. The Labute approximate surface area is 154 Å². The lowest BCUT2D eigenvalue weighted by molar-refractivity contribution is -0.149. The molecule has 1 heterocycles. The molecule has 1 saturated heterocycles. The summed E-state index contributed by atoms with van der Waals surface area (Å²) in [4.78, 5) is 12.2. The van der Waals surface area contributed by atoms with Crippen molar-refractivity contribution in [2.45, 2.75) is 24.7 Å².